The number of carbonyl (C=O) groups excluding carboxylic acids is 1. The molecule has 1 amide bonds. The van der Waals surface area contributed by atoms with E-state index in [4.69, 9.17) is 27.9 Å². The Balaban J connectivity index is 2.36. The number of methoxy groups -OCH3 is 1. The molecule has 0 unspecified atom stereocenters. The first-order chi connectivity index (χ1) is 8.65. The minimum Gasteiger partial charge on any atom is -0.385 e. The standard InChI is InChI=1S/C12H16Cl2N2O2/c1-18-7-3-6-15-8-11(17)16-12-9(13)4-2-5-10(12)14/h2,4-5,15H,3,6-8H2,1H3,(H,16,17). The normalized spacial score (nSPS) is 10.4. The molecule has 0 heterocycles. The van der Waals surface area contributed by atoms with Gasteiger partial charge in [0.15, 0.2) is 0 Å². The van der Waals surface area contributed by atoms with E-state index in [-0.39, 0.29) is 12.5 Å². The minimum atomic E-state index is -0.178. The number of halogens is 2. The van der Waals surface area contributed by atoms with E-state index in [1.807, 2.05) is 0 Å². The number of amides is 1. The number of nitrogens with one attached hydrogen (secondary N) is 2. The number of ether oxygens (including phenoxy) is 1. The van der Waals surface area contributed by atoms with Crippen LogP contribution in [0.15, 0.2) is 18.2 Å². The van der Waals surface area contributed by atoms with Crippen molar-refractivity contribution in [1.29, 1.82) is 0 Å². The first kappa shape index (κ1) is 15.2. The zero-order valence-corrected chi connectivity index (χ0v) is 11.6. The number of hydrogen-bond acceptors (Lipinski definition) is 3. The average Bonchev–Trinajstić information content (AvgIpc) is 2.34. The quantitative estimate of drug-likeness (QED) is 0.759. The number of rotatable bonds is 7. The van der Waals surface area contributed by atoms with Gasteiger partial charge in [-0.15, -0.1) is 0 Å². The van der Waals surface area contributed by atoms with Crippen LogP contribution in [0.1, 0.15) is 6.42 Å². The molecule has 2 N–H and O–H groups in total. The van der Waals surface area contributed by atoms with E-state index in [2.05, 4.69) is 10.6 Å². The maximum atomic E-state index is 11.6. The molecule has 1 aromatic rings. The van der Waals surface area contributed by atoms with E-state index in [1.165, 1.54) is 0 Å². The Morgan fingerprint density at radius 2 is 2.00 bits per heavy atom. The highest BCUT2D eigenvalue weighted by molar-refractivity contribution is 6.39. The van der Waals surface area contributed by atoms with Crippen LogP contribution in [0, 0.1) is 0 Å². The Hall–Kier alpha value is -0.810. The third-order valence-electron chi connectivity index (χ3n) is 2.21. The molecule has 1 rings (SSSR count). The first-order valence-electron chi connectivity index (χ1n) is 5.58. The predicted octanol–water partition coefficient (Wildman–Crippen LogP) is 2.56. The second-order valence-electron chi connectivity index (χ2n) is 3.67. The van der Waals surface area contributed by atoms with Gasteiger partial charge in [0.05, 0.1) is 22.3 Å². The lowest BCUT2D eigenvalue weighted by molar-refractivity contribution is -0.115. The lowest BCUT2D eigenvalue weighted by Crippen LogP contribution is -2.29. The number of carbonyl (C=O) groups is 1. The van der Waals surface area contributed by atoms with Gasteiger partial charge in [-0.2, -0.15) is 0 Å². The summed E-state index contributed by atoms with van der Waals surface area (Å²) in [7, 11) is 1.64. The summed E-state index contributed by atoms with van der Waals surface area (Å²) in [6, 6.07) is 5.08. The molecule has 6 heteroatoms. The molecule has 0 aromatic heterocycles. The summed E-state index contributed by atoms with van der Waals surface area (Å²) < 4.78 is 4.90. The maximum Gasteiger partial charge on any atom is 0.238 e. The summed E-state index contributed by atoms with van der Waals surface area (Å²) >= 11 is 11.9. The van der Waals surface area contributed by atoms with Crippen molar-refractivity contribution in [2.24, 2.45) is 0 Å². The zero-order chi connectivity index (χ0) is 13.4. The molecule has 0 aliphatic carbocycles. The lowest BCUT2D eigenvalue weighted by Gasteiger charge is -2.09. The van der Waals surface area contributed by atoms with Crippen LogP contribution in [-0.2, 0) is 9.53 Å². The zero-order valence-electron chi connectivity index (χ0n) is 10.1. The van der Waals surface area contributed by atoms with E-state index in [0.717, 1.165) is 13.0 Å². The van der Waals surface area contributed by atoms with Crippen molar-refractivity contribution in [3.8, 4) is 0 Å². The number of anilines is 1. The Bertz CT molecular complexity index is 379. The van der Waals surface area contributed by atoms with Crippen molar-refractivity contribution >= 4 is 34.8 Å². The van der Waals surface area contributed by atoms with Crippen molar-refractivity contribution < 1.29 is 9.53 Å². The molecule has 0 saturated heterocycles. The highest BCUT2D eigenvalue weighted by Crippen LogP contribution is 2.29. The summed E-state index contributed by atoms with van der Waals surface area (Å²) in [6.45, 7) is 1.60. The van der Waals surface area contributed by atoms with Crippen LogP contribution >= 0.6 is 23.2 Å². The summed E-state index contributed by atoms with van der Waals surface area (Å²) in [4.78, 5) is 11.6. The summed E-state index contributed by atoms with van der Waals surface area (Å²) in [5.41, 5.74) is 0.449. The van der Waals surface area contributed by atoms with Gasteiger partial charge in [0.1, 0.15) is 0 Å². The molecule has 100 valence electrons. The molecule has 0 fully saturated rings. The van der Waals surface area contributed by atoms with Gasteiger partial charge >= 0.3 is 0 Å². The molecule has 0 spiro atoms. The second kappa shape index (κ2) is 8.32. The largest absolute Gasteiger partial charge is 0.385 e. The monoisotopic (exact) mass is 290 g/mol. The van der Waals surface area contributed by atoms with E-state index in [1.54, 1.807) is 25.3 Å². The fourth-order valence-corrected chi connectivity index (χ4v) is 1.84. The van der Waals surface area contributed by atoms with E-state index >= 15 is 0 Å². The van der Waals surface area contributed by atoms with Crippen molar-refractivity contribution in [2.45, 2.75) is 6.42 Å². The number of benzene rings is 1. The molecule has 0 bridgehead atoms. The van der Waals surface area contributed by atoms with Crippen molar-refractivity contribution in [2.75, 3.05) is 32.1 Å². The van der Waals surface area contributed by atoms with Crippen LogP contribution in [0.25, 0.3) is 0 Å². The Kier molecular flexibility index (Phi) is 7.05. The smallest absolute Gasteiger partial charge is 0.238 e. The van der Waals surface area contributed by atoms with Crippen LogP contribution in [0.5, 0.6) is 0 Å². The first-order valence-corrected chi connectivity index (χ1v) is 6.34. The van der Waals surface area contributed by atoms with Gasteiger partial charge in [-0.3, -0.25) is 4.79 Å². The highest BCUT2D eigenvalue weighted by atomic mass is 35.5. The molecule has 4 nitrogen and oxygen atoms in total. The van der Waals surface area contributed by atoms with E-state index in [9.17, 15) is 4.79 Å². The van der Waals surface area contributed by atoms with Crippen LogP contribution in [0.4, 0.5) is 5.69 Å². The van der Waals surface area contributed by atoms with Gasteiger partial charge in [-0.05, 0) is 25.1 Å². The SMILES string of the molecule is COCCCNCC(=O)Nc1c(Cl)cccc1Cl. The Morgan fingerprint density at radius 3 is 2.61 bits per heavy atom. The van der Waals surface area contributed by atoms with Gasteiger partial charge in [-0.25, -0.2) is 0 Å². The predicted molar refractivity (Wildman–Crippen MR) is 74.5 cm³/mol. The van der Waals surface area contributed by atoms with E-state index < -0.39 is 0 Å². The topological polar surface area (TPSA) is 50.4 Å². The molecule has 1 aromatic carbocycles. The van der Waals surface area contributed by atoms with Crippen LogP contribution < -0.4 is 10.6 Å². The highest BCUT2D eigenvalue weighted by Gasteiger charge is 2.08. The average molecular weight is 291 g/mol. The second-order valence-corrected chi connectivity index (χ2v) is 4.48. The van der Waals surface area contributed by atoms with Crippen LogP contribution in [-0.4, -0.2) is 32.7 Å². The summed E-state index contributed by atoms with van der Waals surface area (Å²) in [5, 5.41) is 6.53. The lowest BCUT2D eigenvalue weighted by atomic mass is 10.3. The van der Waals surface area contributed by atoms with Gasteiger partial charge in [0.25, 0.3) is 0 Å². The molecule has 0 saturated carbocycles. The van der Waals surface area contributed by atoms with Gasteiger partial charge < -0.3 is 15.4 Å². The van der Waals surface area contributed by atoms with Crippen molar-refractivity contribution in [1.82, 2.24) is 5.32 Å². The minimum absolute atomic E-state index is 0.178. The molecule has 0 radical (unpaired) electrons. The fraction of sp³-hybridized carbons (Fsp3) is 0.417. The molecule has 0 aliphatic rings. The Morgan fingerprint density at radius 1 is 1.33 bits per heavy atom. The van der Waals surface area contributed by atoms with Gasteiger partial charge in [-0.1, -0.05) is 29.3 Å². The third-order valence-corrected chi connectivity index (χ3v) is 2.84. The van der Waals surface area contributed by atoms with Gasteiger partial charge in [0.2, 0.25) is 5.91 Å². The van der Waals surface area contributed by atoms with Crippen LogP contribution in [0.2, 0.25) is 10.0 Å². The van der Waals surface area contributed by atoms with Gasteiger partial charge in [0, 0.05) is 13.7 Å². The van der Waals surface area contributed by atoms with E-state index in [0.29, 0.717) is 22.3 Å². The molecule has 0 aliphatic heterocycles. The Labute approximate surface area is 117 Å². The molecular weight excluding hydrogens is 275 g/mol. The summed E-state index contributed by atoms with van der Waals surface area (Å²) in [6.07, 6.45) is 0.858. The van der Waals surface area contributed by atoms with Crippen molar-refractivity contribution in [3.05, 3.63) is 28.2 Å². The molecular formula is C12H16Cl2N2O2. The third kappa shape index (κ3) is 5.23. The summed E-state index contributed by atoms with van der Waals surface area (Å²) in [5.74, 6) is -0.178. The van der Waals surface area contributed by atoms with Crippen LogP contribution in [0.3, 0.4) is 0 Å². The van der Waals surface area contributed by atoms with Crippen molar-refractivity contribution in [3.63, 3.8) is 0 Å². The molecule has 18 heavy (non-hydrogen) atoms. The maximum absolute atomic E-state index is 11.6. The number of hydrogen-bond donors (Lipinski definition) is 2. The molecule has 0 atom stereocenters. The number of para-hydroxylation sites is 1. The fourth-order valence-electron chi connectivity index (χ4n) is 1.34.